The Bertz CT molecular complexity index is 1550. The van der Waals surface area contributed by atoms with Crippen LogP contribution in [-0.2, 0) is 0 Å². The number of carbonyl (C=O) groups excluding carboxylic acids is 1. The molecule has 0 radical (unpaired) electrons. The number of nitrogens with one attached hydrogen (secondary N) is 1. The molecule has 5 rings (SSSR count). The van der Waals surface area contributed by atoms with E-state index >= 15 is 0 Å². The lowest BCUT2D eigenvalue weighted by Gasteiger charge is -2.13. The van der Waals surface area contributed by atoms with Gasteiger partial charge in [0.1, 0.15) is 11.5 Å². The molecule has 0 bridgehead atoms. The zero-order chi connectivity index (χ0) is 24.4. The zero-order valence-corrected chi connectivity index (χ0v) is 19.5. The normalized spacial score (nSPS) is 10.8. The number of benzene rings is 3. The van der Waals surface area contributed by atoms with Gasteiger partial charge in [0.25, 0.3) is 5.91 Å². The molecule has 2 heterocycles. The monoisotopic (exact) mass is 465 g/mol. The second-order valence-corrected chi connectivity index (χ2v) is 8.00. The van der Waals surface area contributed by atoms with E-state index < -0.39 is 0 Å². The van der Waals surface area contributed by atoms with E-state index in [0.29, 0.717) is 34.2 Å². The Kier molecular flexibility index (Phi) is 5.89. The van der Waals surface area contributed by atoms with Gasteiger partial charge in [-0.25, -0.2) is 0 Å². The summed E-state index contributed by atoms with van der Waals surface area (Å²) in [7, 11) is 3.19. The summed E-state index contributed by atoms with van der Waals surface area (Å²) >= 11 is 0. The van der Waals surface area contributed by atoms with Crippen LogP contribution in [-0.4, -0.2) is 30.1 Å². The van der Waals surface area contributed by atoms with E-state index in [1.54, 1.807) is 32.7 Å². The van der Waals surface area contributed by atoms with Crippen LogP contribution in [0.5, 0.6) is 23.0 Å². The van der Waals surface area contributed by atoms with E-state index in [0.717, 1.165) is 27.4 Å². The molecule has 3 aromatic carbocycles. The fraction of sp³-hybridized carbons (Fsp3) is 0.107. The Morgan fingerprint density at radius 3 is 2.34 bits per heavy atom. The minimum atomic E-state index is -0.201. The van der Waals surface area contributed by atoms with E-state index in [1.165, 1.54) is 0 Å². The van der Waals surface area contributed by atoms with Crippen molar-refractivity contribution in [2.24, 2.45) is 0 Å². The summed E-state index contributed by atoms with van der Waals surface area (Å²) in [4.78, 5) is 21.1. The van der Waals surface area contributed by atoms with Crippen LogP contribution < -0.4 is 19.5 Å². The molecule has 1 N–H and O–H groups in total. The van der Waals surface area contributed by atoms with Gasteiger partial charge in [-0.1, -0.05) is 12.1 Å². The lowest BCUT2D eigenvalue weighted by atomic mass is 10.1. The van der Waals surface area contributed by atoms with Crippen molar-refractivity contribution in [1.82, 2.24) is 9.97 Å². The number of pyridine rings is 2. The summed E-state index contributed by atoms with van der Waals surface area (Å²) in [5.74, 6) is 2.35. The molecule has 35 heavy (non-hydrogen) atoms. The maximum Gasteiger partial charge on any atom is 0.257 e. The van der Waals surface area contributed by atoms with Crippen LogP contribution in [0.15, 0.2) is 79.1 Å². The van der Waals surface area contributed by atoms with Gasteiger partial charge in [0.05, 0.1) is 25.3 Å². The van der Waals surface area contributed by atoms with E-state index in [2.05, 4.69) is 15.3 Å². The van der Waals surface area contributed by atoms with Gasteiger partial charge in [0.2, 0.25) is 0 Å². The van der Waals surface area contributed by atoms with Gasteiger partial charge in [0.15, 0.2) is 11.5 Å². The molecule has 0 saturated carbocycles. The molecule has 7 heteroatoms. The predicted molar refractivity (Wildman–Crippen MR) is 136 cm³/mol. The molecule has 0 aliphatic rings. The Labute approximate surface area is 202 Å². The first-order valence-corrected chi connectivity index (χ1v) is 11.0. The summed E-state index contributed by atoms with van der Waals surface area (Å²) in [6.07, 6.45) is 3.27. The molecule has 0 aliphatic heterocycles. The van der Waals surface area contributed by atoms with Crippen molar-refractivity contribution in [2.75, 3.05) is 19.5 Å². The molecule has 7 nitrogen and oxygen atoms in total. The van der Waals surface area contributed by atoms with Crippen LogP contribution in [0.25, 0.3) is 21.7 Å². The number of aromatic nitrogens is 2. The van der Waals surface area contributed by atoms with Crippen molar-refractivity contribution in [1.29, 1.82) is 0 Å². The third kappa shape index (κ3) is 4.56. The number of anilines is 1. The van der Waals surface area contributed by atoms with Crippen molar-refractivity contribution in [2.45, 2.75) is 6.92 Å². The first-order chi connectivity index (χ1) is 17.0. The highest BCUT2D eigenvalue weighted by molar-refractivity contribution is 6.05. The van der Waals surface area contributed by atoms with Gasteiger partial charge in [-0.15, -0.1) is 0 Å². The fourth-order valence-corrected chi connectivity index (χ4v) is 3.83. The zero-order valence-electron chi connectivity index (χ0n) is 19.5. The molecule has 0 fully saturated rings. The Balaban J connectivity index is 1.40. The molecule has 2 aromatic heterocycles. The summed E-state index contributed by atoms with van der Waals surface area (Å²) in [5, 5.41) is 5.70. The fourth-order valence-electron chi connectivity index (χ4n) is 3.83. The van der Waals surface area contributed by atoms with Crippen molar-refractivity contribution in [3.05, 3.63) is 90.4 Å². The van der Waals surface area contributed by atoms with Crippen molar-refractivity contribution in [3.63, 3.8) is 0 Å². The lowest BCUT2D eigenvalue weighted by Crippen LogP contribution is -2.12. The number of hydrogen-bond donors (Lipinski definition) is 1. The maximum atomic E-state index is 12.5. The summed E-state index contributed by atoms with van der Waals surface area (Å²) in [5.41, 5.74) is 2.82. The van der Waals surface area contributed by atoms with Crippen LogP contribution in [0.3, 0.4) is 0 Å². The molecule has 0 saturated heterocycles. The van der Waals surface area contributed by atoms with E-state index in [9.17, 15) is 4.79 Å². The summed E-state index contributed by atoms with van der Waals surface area (Å²) < 4.78 is 17.0. The Morgan fingerprint density at radius 2 is 1.57 bits per heavy atom. The van der Waals surface area contributed by atoms with E-state index in [1.807, 2.05) is 67.6 Å². The number of methoxy groups -OCH3 is 2. The lowest BCUT2D eigenvalue weighted by molar-refractivity contribution is 0.102. The predicted octanol–water partition coefficient (Wildman–Crippen LogP) is 6.15. The first kappa shape index (κ1) is 22.2. The topological polar surface area (TPSA) is 82.6 Å². The van der Waals surface area contributed by atoms with Gasteiger partial charge >= 0.3 is 0 Å². The van der Waals surface area contributed by atoms with Gasteiger partial charge in [-0.2, -0.15) is 0 Å². The maximum absolute atomic E-state index is 12.5. The van der Waals surface area contributed by atoms with Gasteiger partial charge in [0, 0.05) is 35.2 Å². The minimum Gasteiger partial charge on any atom is -0.493 e. The molecule has 1 amide bonds. The number of nitrogens with zero attached hydrogens (tertiary/aromatic N) is 2. The summed E-state index contributed by atoms with van der Waals surface area (Å²) in [6.45, 7) is 1.88. The smallest absolute Gasteiger partial charge is 0.257 e. The number of carbonyl (C=O) groups is 1. The van der Waals surface area contributed by atoms with Crippen LogP contribution in [0.2, 0.25) is 0 Å². The number of amides is 1. The van der Waals surface area contributed by atoms with Gasteiger partial charge in [-0.3, -0.25) is 14.8 Å². The molecular weight excluding hydrogens is 442 g/mol. The molecular formula is C28H23N3O4. The second kappa shape index (κ2) is 9.30. The van der Waals surface area contributed by atoms with Gasteiger partial charge in [-0.05, 0) is 66.2 Å². The summed E-state index contributed by atoms with van der Waals surface area (Å²) in [6, 6.07) is 20.6. The minimum absolute atomic E-state index is 0.201. The third-order valence-corrected chi connectivity index (χ3v) is 5.68. The van der Waals surface area contributed by atoms with Crippen molar-refractivity contribution in [3.8, 4) is 23.0 Å². The highest BCUT2D eigenvalue weighted by Gasteiger charge is 2.12. The van der Waals surface area contributed by atoms with E-state index in [-0.39, 0.29) is 5.91 Å². The van der Waals surface area contributed by atoms with Crippen LogP contribution >= 0.6 is 0 Å². The molecule has 0 atom stereocenters. The number of rotatable bonds is 6. The molecule has 0 unspecified atom stereocenters. The van der Waals surface area contributed by atoms with Crippen LogP contribution in [0.4, 0.5) is 5.69 Å². The van der Waals surface area contributed by atoms with Crippen molar-refractivity contribution >= 4 is 33.3 Å². The van der Waals surface area contributed by atoms with Crippen LogP contribution in [0.1, 0.15) is 16.1 Å². The largest absolute Gasteiger partial charge is 0.493 e. The molecule has 174 valence electrons. The first-order valence-electron chi connectivity index (χ1n) is 11.0. The number of ether oxygens (including phenoxy) is 3. The Morgan fingerprint density at radius 1 is 0.800 bits per heavy atom. The van der Waals surface area contributed by atoms with E-state index in [4.69, 9.17) is 14.2 Å². The number of fused-ring (bicyclic) bond motifs is 2. The molecule has 0 spiro atoms. The average Bonchev–Trinajstić information content (AvgIpc) is 2.88. The standard InChI is InChI=1S/C28H23N3O4/c1-17-4-5-20(16-30-17)28(32)31-21-8-6-19-13-22(9-7-18(19)12-21)35-25-10-11-29-24-15-27(34-3)26(33-2)14-23(24)25/h4-16H,1-3H3,(H,31,32). The molecule has 5 aromatic rings. The quantitative estimate of drug-likeness (QED) is 0.324. The second-order valence-electron chi connectivity index (χ2n) is 8.00. The number of aryl methyl sites for hydroxylation is 1. The van der Waals surface area contributed by atoms with Crippen LogP contribution in [0, 0.1) is 6.92 Å². The highest BCUT2D eigenvalue weighted by Crippen LogP contribution is 2.37. The highest BCUT2D eigenvalue weighted by atomic mass is 16.5. The third-order valence-electron chi connectivity index (χ3n) is 5.68. The Hall–Kier alpha value is -4.65. The number of hydrogen-bond acceptors (Lipinski definition) is 6. The SMILES string of the molecule is COc1cc2nccc(Oc3ccc4cc(NC(=O)c5ccc(C)nc5)ccc4c3)c2cc1OC. The van der Waals surface area contributed by atoms with Gasteiger partial charge < -0.3 is 19.5 Å². The van der Waals surface area contributed by atoms with Crippen molar-refractivity contribution < 1.29 is 19.0 Å². The molecule has 0 aliphatic carbocycles. The average molecular weight is 466 g/mol.